The maximum Gasteiger partial charge on any atom is 0.254 e. The van der Waals surface area contributed by atoms with E-state index in [1.54, 1.807) is 18.2 Å². The number of nitrogens with one attached hydrogen (secondary N) is 1. The van der Waals surface area contributed by atoms with Gasteiger partial charge in [0.05, 0.1) is 0 Å². The summed E-state index contributed by atoms with van der Waals surface area (Å²) in [4.78, 5) is 14.2. The second-order valence-electron chi connectivity index (χ2n) is 5.22. The second-order valence-corrected chi connectivity index (χ2v) is 5.22. The summed E-state index contributed by atoms with van der Waals surface area (Å²) < 4.78 is 0. The third kappa shape index (κ3) is 2.08. The van der Waals surface area contributed by atoms with E-state index in [1.165, 1.54) is 18.9 Å². The molecule has 2 heterocycles. The first-order chi connectivity index (χ1) is 8.74. The van der Waals surface area contributed by atoms with Crippen molar-refractivity contribution in [1.82, 2.24) is 10.2 Å². The molecule has 3 rings (SSSR count). The van der Waals surface area contributed by atoms with Gasteiger partial charge in [-0.15, -0.1) is 0 Å². The summed E-state index contributed by atoms with van der Waals surface area (Å²) in [5.74, 6) is 0.776. The van der Waals surface area contributed by atoms with E-state index < -0.39 is 0 Å². The first kappa shape index (κ1) is 11.5. The van der Waals surface area contributed by atoms with Gasteiger partial charge in [-0.2, -0.15) is 0 Å². The van der Waals surface area contributed by atoms with E-state index in [4.69, 9.17) is 0 Å². The lowest BCUT2D eigenvalue weighted by Gasteiger charge is -2.24. The number of carbonyl (C=O) groups is 1. The Morgan fingerprint density at radius 3 is 3.06 bits per heavy atom. The fourth-order valence-electron chi connectivity index (χ4n) is 3.03. The van der Waals surface area contributed by atoms with E-state index in [1.807, 2.05) is 4.90 Å². The molecule has 1 aromatic rings. The summed E-state index contributed by atoms with van der Waals surface area (Å²) in [6.45, 7) is 2.70. The molecule has 0 spiro atoms. The van der Waals surface area contributed by atoms with E-state index in [0.29, 0.717) is 17.5 Å². The van der Waals surface area contributed by atoms with Crippen molar-refractivity contribution < 1.29 is 9.90 Å². The first-order valence-electron chi connectivity index (χ1n) is 6.56. The van der Waals surface area contributed by atoms with Crippen LogP contribution in [0.1, 0.15) is 23.2 Å². The van der Waals surface area contributed by atoms with Gasteiger partial charge in [0.25, 0.3) is 5.91 Å². The van der Waals surface area contributed by atoms with Crippen molar-refractivity contribution in [2.75, 3.05) is 19.6 Å². The molecule has 1 amide bonds. The fourth-order valence-corrected chi connectivity index (χ4v) is 3.03. The molecule has 4 nitrogen and oxygen atoms in total. The van der Waals surface area contributed by atoms with Crippen molar-refractivity contribution >= 4 is 5.91 Å². The van der Waals surface area contributed by atoms with Crippen molar-refractivity contribution in [2.45, 2.75) is 18.9 Å². The molecule has 0 aromatic heterocycles. The lowest BCUT2D eigenvalue weighted by Crippen LogP contribution is -2.41. The minimum atomic E-state index is 0.0297. The van der Waals surface area contributed by atoms with Gasteiger partial charge in [0, 0.05) is 24.7 Å². The number of benzene rings is 1. The van der Waals surface area contributed by atoms with E-state index in [-0.39, 0.29) is 11.7 Å². The molecule has 1 aromatic carbocycles. The van der Waals surface area contributed by atoms with Gasteiger partial charge in [0.2, 0.25) is 0 Å². The Labute approximate surface area is 107 Å². The van der Waals surface area contributed by atoms with Crippen LogP contribution in [0, 0.1) is 5.92 Å². The van der Waals surface area contributed by atoms with Crippen LogP contribution in [0.2, 0.25) is 0 Å². The Morgan fingerprint density at radius 2 is 2.28 bits per heavy atom. The number of amides is 1. The number of nitrogens with zero attached hydrogens (tertiary/aromatic N) is 1. The standard InChI is InChI=1S/C14H18N2O2/c17-12-5-1-3-10(7-12)14(18)16-8-11-4-2-6-15-13(11)9-16/h1,3,5,7,11,13,15,17H,2,4,6,8-9H2. The smallest absolute Gasteiger partial charge is 0.254 e. The van der Waals surface area contributed by atoms with E-state index >= 15 is 0 Å². The Kier molecular flexibility index (Phi) is 2.96. The van der Waals surface area contributed by atoms with Crippen LogP contribution >= 0.6 is 0 Å². The number of aromatic hydroxyl groups is 1. The average Bonchev–Trinajstić information content (AvgIpc) is 2.81. The van der Waals surface area contributed by atoms with Crippen LogP contribution in [0.4, 0.5) is 0 Å². The molecule has 0 bridgehead atoms. The van der Waals surface area contributed by atoms with Crippen LogP contribution < -0.4 is 5.32 Å². The predicted octanol–water partition coefficient (Wildman–Crippen LogP) is 1.22. The highest BCUT2D eigenvalue weighted by molar-refractivity contribution is 5.94. The zero-order valence-electron chi connectivity index (χ0n) is 10.3. The number of carbonyl (C=O) groups excluding carboxylic acids is 1. The van der Waals surface area contributed by atoms with Gasteiger partial charge in [-0.05, 0) is 43.5 Å². The molecule has 0 aliphatic carbocycles. The summed E-state index contributed by atoms with van der Waals surface area (Å²) in [6.07, 6.45) is 2.41. The number of fused-ring (bicyclic) bond motifs is 1. The van der Waals surface area contributed by atoms with E-state index in [0.717, 1.165) is 19.6 Å². The van der Waals surface area contributed by atoms with Crippen LogP contribution in [-0.2, 0) is 0 Å². The molecule has 96 valence electrons. The molecule has 0 saturated carbocycles. The number of hydrogen-bond donors (Lipinski definition) is 2. The lowest BCUT2D eigenvalue weighted by atomic mass is 9.94. The molecular formula is C14H18N2O2. The fraction of sp³-hybridized carbons (Fsp3) is 0.500. The van der Waals surface area contributed by atoms with Crippen LogP contribution in [0.15, 0.2) is 24.3 Å². The minimum absolute atomic E-state index is 0.0297. The quantitative estimate of drug-likeness (QED) is 0.783. The molecule has 2 saturated heterocycles. The zero-order chi connectivity index (χ0) is 12.5. The number of likely N-dealkylation sites (tertiary alicyclic amines) is 1. The average molecular weight is 246 g/mol. The predicted molar refractivity (Wildman–Crippen MR) is 68.5 cm³/mol. The maximum atomic E-state index is 12.3. The minimum Gasteiger partial charge on any atom is -0.508 e. The van der Waals surface area contributed by atoms with Gasteiger partial charge in [-0.25, -0.2) is 0 Å². The largest absolute Gasteiger partial charge is 0.508 e. The number of phenolic OH excluding ortho intramolecular Hbond substituents is 1. The van der Waals surface area contributed by atoms with Crippen molar-refractivity contribution in [3.05, 3.63) is 29.8 Å². The highest BCUT2D eigenvalue weighted by Gasteiger charge is 2.36. The SMILES string of the molecule is O=C(c1cccc(O)c1)N1CC2CCCNC2C1. The molecule has 2 aliphatic heterocycles. The van der Waals surface area contributed by atoms with Crippen molar-refractivity contribution in [1.29, 1.82) is 0 Å². The Balaban J connectivity index is 1.74. The topological polar surface area (TPSA) is 52.6 Å². The Morgan fingerprint density at radius 1 is 1.39 bits per heavy atom. The third-order valence-corrected chi connectivity index (χ3v) is 3.98. The van der Waals surface area contributed by atoms with Crippen LogP contribution in [-0.4, -0.2) is 41.6 Å². The molecule has 2 fully saturated rings. The molecule has 2 aliphatic rings. The normalized spacial score (nSPS) is 27.0. The molecule has 0 radical (unpaired) electrons. The molecule has 4 heteroatoms. The summed E-state index contributed by atoms with van der Waals surface area (Å²) in [5, 5.41) is 12.9. The number of piperidine rings is 1. The highest BCUT2D eigenvalue weighted by atomic mass is 16.3. The van der Waals surface area contributed by atoms with Gasteiger partial charge in [-0.1, -0.05) is 6.07 Å². The molecular weight excluding hydrogens is 228 g/mol. The van der Waals surface area contributed by atoms with Gasteiger partial charge in [0.1, 0.15) is 5.75 Å². The monoisotopic (exact) mass is 246 g/mol. The Bertz CT molecular complexity index is 447. The maximum absolute atomic E-state index is 12.3. The van der Waals surface area contributed by atoms with Gasteiger partial charge < -0.3 is 15.3 Å². The van der Waals surface area contributed by atoms with Crippen molar-refractivity contribution in [2.24, 2.45) is 5.92 Å². The van der Waals surface area contributed by atoms with Gasteiger partial charge in [-0.3, -0.25) is 4.79 Å². The van der Waals surface area contributed by atoms with Crippen molar-refractivity contribution in [3.63, 3.8) is 0 Å². The first-order valence-corrected chi connectivity index (χ1v) is 6.56. The van der Waals surface area contributed by atoms with Gasteiger partial charge >= 0.3 is 0 Å². The molecule has 2 unspecified atom stereocenters. The summed E-state index contributed by atoms with van der Waals surface area (Å²) in [7, 11) is 0. The zero-order valence-corrected chi connectivity index (χ0v) is 10.3. The number of hydrogen-bond acceptors (Lipinski definition) is 3. The van der Waals surface area contributed by atoms with Crippen molar-refractivity contribution in [3.8, 4) is 5.75 Å². The van der Waals surface area contributed by atoms with Crippen LogP contribution in [0.5, 0.6) is 5.75 Å². The summed E-state index contributed by atoms with van der Waals surface area (Å²) in [5.41, 5.74) is 0.577. The summed E-state index contributed by atoms with van der Waals surface area (Å²) in [6, 6.07) is 7.06. The molecule has 2 N–H and O–H groups in total. The van der Waals surface area contributed by atoms with E-state index in [2.05, 4.69) is 5.32 Å². The van der Waals surface area contributed by atoms with E-state index in [9.17, 15) is 9.90 Å². The summed E-state index contributed by atoms with van der Waals surface area (Å²) >= 11 is 0. The third-order valence-electron chi connectivity index (χ3n) is 3.98. The van der Waals surface area contributed by atoms with Crippen LogP contribution in [0.3, 0.4) is 0 Å². The second kappa shape index (κ2) is 4.61. The van der Waals surface area contributed by atoms with Gasteiger partial charge in [0.15, 0.2) is 0 Å². The molecule has 2 atom stereocenters. The Hall–Kier alpha value is -1.55. The van der Waals surface area contributed by atoms with Crippen LogP contribution in [0.25, 0.3) is 0 Å². The lowest BCUT2D eigenvalue weighted by molar-refractivity contribution is 0.0785. The number of rotatable bonds is 1. The molecule has 18 heavy (non-hydrogen) atoms. The highest BCUT2D eigenvalue weighted by Crippen LogP contribution is 2.26. The number of phenols is 1.